The van der Waals surface area contributed by atoms with Gasteiger partial charge in [0.25, 0.3) is 0 Å². The van der Waals surface area contributed by atoms with Gasteiger partial charge < -0.3 is 19.5 Å². The zero-order chi connectivity index (χ0) is 16.0. The second-order valence-electron chi connectivity index (χ2n) is 7.34. The summed E-state index contributed by atoms with van der Waals surface area (Å²) in [6, 6.07) is 5.48. The molecule has 4 nitrogen and oxygen atoms in total. The summed E-state index contributed by atoms with van der Waals surface area (Å²) < 4.78 is 11.7. The van der Waals surface area contributed by atoms with Crippen LogP contribution < -0.4 is 4.74 Å². The lowest BCUT2D eigenvalue weighted by molar-refractivity contribution is -0.00891. The highest BCUT2D eigenvalue weighted by atomic mass is 16.5. The molecular formula is C18H25NO3. The number of fused-ring (bicyclic) bond motifs is 2. The number of phenolic OH excluding ortho intramolecular Hbond substituents is 1. The lowest BCUT2D eigenvalue weighted by Gasteiger charge is -2.41. The smallest absolute Gasteiger partial charge is 0.182 e. The molecule has 0 bridgehead atoms. The number of rotatable bonds is 2. The first kappa shape index (κ1) is 15.1. The molecule has 1 aromatic rings. The first-order chi connectivity index (χ1) is 10.3. The predicted octanol–water partition coefficient (Wildman–Crippen LogP) is 3.40. The minimum atomic E-state index is -0.215. The van der Waals surface area contributed by atoms with Crippen molar-refractivity contribution in [1.29, 1.82) is 0 Å². The van der Waals surface area contributed by atoms with Gasteiger partial charge in [-0.15, -0.1) is 0 Å². The number of hydrogen-bond acceptors (Lipinski definition) is 4. The number of likely N-dealkylation sites (tertiary alicyclic amines) is 1. The molecule has 22 heavy (non-hydrogen) atoms. The maximum Gasteiger partial charge on any atom is 0.182 e. The number of phenols is 1. The van der Waals surface area contributed by atoms with Gasteiger partial charge in [-0.25, -0.2) is 0 Å². The van der Waals surface area contributed by atoms with E-state index in [2.05, 4.69) is 11.5 Å². The molecule has 0 unspecified atom stereocenters. The molecule has 2 aliphatic heterocycles. The van der Waals surface area contributed by atoms with Crippen LogP contribution in [0.25, 0.3) is 0 Å². The van der Waals surface area contributed by atoms with Crippen molar-refractivity contribution in [1.82, 2.24) is 4.90 Å². The minimum Gasteiger partial charge on any atom is -0.508 e. The number of piperidine rings is 1. The number of aromatic hydroxyl groups is 1. The fraction of sp³-hybridized carbons (Fsp3) is 0.556. The van der Waals surface area contributed by atoms with Crippen LogP contribution in [0.4, 0.5) is 0 Å². The molecule has 0 aliphatic carbocycles. The first-order valence-electron chi connectivity index (χ1n) is 7.88. The van der Waals surface area contributed by atoms with Crippen LogP contribution >= 0.6 is 0 Å². The molecule has 0 radical (unpaired) electrons. The van der Waals surface area contributed by atoms with Gasteiger partial charge in [-0.05, 0) is 46.3 Å². The third-order valence-electron chi connectivity index (χ3n) is 4.54. The SMILES string of the molecule is C=C(OC(C)(C)C)N1CCC2(CC1)COc1cc(O)ccc12. The van der Waals surface area contributed by atoms with Gasteiger partial charge in [-0.1, -0.05) is 6.07 Å². The lowest BCUT2D eigenvalue weighted by atomic mass is 9.74. The molecule has 1 fully saturated rings. The van der Waals surface area contributed by atoms with Crippen molar-refractivity contribution in [3.63, 3.8) is 0 Å². The normalized spacial score (nSPS) is 19.7. The van der Waals surface area contributed by atoms with E-state index in [9.17, 15) is 5.11 Å². The zero-order valence-corrected chi connectivity index (χ0v) is 13.7. The second kappa shape index (κ2) is 5.11. The number of nitrogens with zero attached hydrogens (tertiary/aromatic N) is 1. The Balaban J connectivity index is 1.69. The summed E-state index contributed by atoms with van der Waals surface area (Å²) in [5.74, 6) is 1.85. The van der Waals surface area contributed by atoms with E-state index in [-0.39, 0.29) is 16.8 Å². The molecule has 3 rings (SSSR count). The van der Waals surface area contributed by atoms with E-state index >= 15 is 0 Å². The van der Waals surface area contributed by atoms with E-state index in [1.165, 1.54) is 5.56 Å². The highest BCUT2D eigenvalue weighted by Gasteiger charge is 2.43. The largest absolute Gasteiger partial charge is 0.508 e. The van der Waals surface area contributed by atoms with Crippen molar-refractivity contribution in [3.05, 3.63) is 36.2 Å². The standard InChI is InChI=1S/C18H25NO3/c1-13(22-17(2,3)4)19-9-7-18(8-10-19)12-21-16-11-14(20)5-6-15(16)18/h5-6,11,20H,1,7-10,12H2,2-4H3. The summed E-state index contributed by atoms with van der Waals surface area (Å²) in [6.45, 7) is 12.7. The van der Waals surface area contributed by atoms with Crippen molar-refractivity contribution < 1.29 is 14.6 Å². The van der Waals surface area contributed by atoms with E-state index in [4.69, 9.17) is 9.47 Å². The lowest BCUT2D eigenvalue weighted by Crippen LogP contribution is -2.44. The van der Waals surface area contributed by atoms with Gasteiger partial charge in [0.05, 0.1) is 6.61 Å². The van der Waals surface area contributed by atoms with Crippen molar-refractivity contribution in [2.24, 2.45) is 0 Å². The summed E-state index contributed by atoms with van der Waals surface area (Å²) in [7, 11) is 0. The third-order valence-corrected chi connectivity index (χ3v) is 4.54. The predicted molar refractivity (Wildman–Crippen MR) is 86.1 cm³/mol. The molecule has 120 valence electrons. The minimum absolute atomic E-state index is 0.0710. The molecule has 0 saturated carbocycles. The summed E-state index contributed by atoms with van der Waals surface area (Å²) >= 11 is 0. The second-order valence-corrected chi connectivity index (χ2v) is 7.34. The molecule has 1 aromatic carbocycles. The summed E-state index contributed by atoms with van der Waals surface area (Å²) in [5, 5.41) is 9.59. The monoisotopic (exact) mass is 303 g/mol. The Morgan fingerprint density at radius 1 is 1.32 bits per heavy atom. The van der Waals surface area contributed by atoms with Gasteiger partial charge in [0, 0.05) is 30.1 Å². The number of benzene rings is 1. The molecule has 0 amide bonds. The fourth-order valence-corrected chi connectivity index (χ4v) is 3.38. The maximum absolute atomic E-state index is 9.59. The summed E-state index contributed by atoms with van der Waals surface area (Å²) in [6.07, 6.45) is 2.02. The molecule has 2 aliphatic rings. The van der Waals surface area contributed by atoms with Gasteiger partial charge in [-0.3, -0.25) is 0 Å². The number of ether oxygens (including phenoxy) is 2. The van der Waals surface area contributed by atoms with Crippen LogP contribution in [0.1, 0.15) is 39.2 Å². The zero-order valence-electron chi connectivity index (χ0n) is 13.7. The maximum atomic E-state index is 9.59. The Kier molecular flexibility index (Phi) is 3.50. The first-order valence-corrected chi connectivity index (χ1v) is 7.88. The molecule has 4 heteroatoms. The molecule has 0 atom stereocenters. The highest BCUT2D eigenvalue weighted by molar-refractivity contribution is 5.48. The average molecular weight is 303 g/mol. The van der Waals surface area contributed by atoms with Gasteiger partial charge >= 0.3 is 0 Å². The van der Waals surface area contributed by atoms with Crippen LogP contribution in [0.15, 0.2) is 30.7 Å². The summed E-state index contributed by atoms with van der Waals surface area (Å²) in [4.78, 5) is 2.22. The van der Waals surface area contributed by atoms with Gasteiger partial charge in [0.15, 0.2) is 5.88 Å². The van der Waals surface area contributed by atoms with Crippen LogP contribution in [0.5, 0.6) is 11.5 Å². The Bertz CT molecular complexity index is 580. The fourth-order valence-electron chi connectivity index (χ4n) is 3.38. The third kappa shape index (κ3) is 2.74. The van der Waals surface area contributed by atoms with Crippen LogP contribution in [0.3, 0.4) is 0 Å². The molecule has 0 aromatic heterocycles. The van der Waals surface area contributed by atoms with Gasteiger partial charge in [-0.2, -0.15) is 0 Å². The quantitative estimate of drug-likeness (QED) is 0.850. The van der Waals surface area contributed by atoms with E-state index in [0.29, 0.717) is 6.61 Å². The Labute approximate surface area is 132 Å². The van der Waals surface area contributed by atoms with E-state index < -0.39 is 0 Å². The molecule has 1 spiro atoms. The molecule has 1 N–H and O–H groups in total. The van der Waals surface area contributed by atoms with E-state index in [1.54, 1.807) is 12.1 Å². The molecule has 1 saturated heterocycles. The Hall–Kier alpha value is -1.84. The van der Waals surface area contributed by atoms with Crippen molar-refractivity contribution in [2.75, 3.05) is 19.7 Å². The van der Waals surface area contributed by atoms with Crippen LogP contribution in [-0.4, -0.2) is 35.3 Å². The molecule has 2 heterocycles. The van der Waals surface area contributed by atoms with Gasteiger partial charge in [0.2, 0.25) is 0 Å². The van der Waals surface area contributed by atoms with Crippen LogP contribution in [-0.2, 0) is 10.2 Å². The van der Waals surface area contributed by atoms with E-state index in [1.807, 2.05) is 26.8 Å². The average Bonchev–Trinajstić information content (AvgIpc) is 2.76. The molecular weight excluding hydrogens is 278 g/mol. The topological polar surface area (TPSA) is 41.9 Å². The number of hydrogen-bond donors (Lipinski definition) is 1. The van der Waals surface area contributed by atoms with E-state index in [0.717, 1.165) is 37.6 Å². The van der Waals surface area contributed by atoms with Crippen molar-refractivity contribution in [3.8, 4) is 11.5 Å². The van der Waals surface area contributed by atoms with Crippen LogP contribution in [0, 0.1) is 0 Å². The van der Waals surface area contributed by atoms with Crippen LogP contribution in [0.2, 0.25) is 0 Å². The summed E-state index contributed by atoms with van der Waals surface area (Å²) in [5.41, 5.74) is 1.08. The Morgan fingerprint density at radius 2 is 2.00 bits per heavy atom. The highest BCUT2D eigenvalue weighted by Crippen LogP contribution is 2.46. The van der Waals surface area contributed by atoms with Gasteiger partial charge in [0.1, 0.15) is 17.1 Å². The Morgan fingerprint density at radius 3 is 2.64 bits per heavy atom. The van der Waals surface area contributed by atoms with Crippen molar-refractivity contribution >= 4 is 0 Å². The van der Waals surface area contributed by atoms with Crippen molar-refractivity contribution in [2.45, 2.75) is 44.6 Å².